The maximum atomic E-state index is 10.1. The molecule has 6 nitrogen and oxygen atoms in total. The third-order valence-electron chi connectivity index (χ3n) is 3.95. The van der Waals surface area contributed by atoms with Crippen molar-refractivity contribution in [3.63, 3.8) is 0 Å². The van der Waals surface area contributed by atoms with Crippen molar-refractivity contribution in [2.75, 3.05) is 32.7 Å². The molecule has 1 aliphatic rings. The van der Waals surface area contributed by atoms with Gasteiger partial charge in [0.1, 0.15) is 11.9 Å². The zero-order chi connectivity index (χ0) is 16.5. The Morgan fingerprint density at radius 3 is 2.96 bits per heavy atom. The molecular weight excluding hydrogens is 292 g/mol. The number of aliphatic hydroxyl groups is 1. The highest BCUT2D eigenvalue weighted by Gasteiger charge is 2.19. The lowest BCUT2D eigenvalue weighted by Crippen LogP contribution is -2.48. The summed E-state index contributed by atoms with van der Waals surface area (Å²) in [6.07, 6.45) is 4.96. The molecule has 1 aromatic heterocycles. The molecule has 1 saturated heterocycles. The van der Waals surface area contributed by atoms with Crippen LogP contribution in [-0.2, 0) is 0 Å². The third kappa shape index (κ3) is 5.73. The summed E-state index contributed by atoms with van der Waals surface area (Å²) < 4.78 is 5.20. The summed E-state index contributed by atoms with van der Waals surface area (Å²) in [6, 6.07) is 3.94. The van der Waals surface area contributed by atoms with E-state index in [2.05, 4.69) is 27.1 Å². The van der Waals surface area contributed by atoms with E-state index in [-0.39, 0.29) is 6.54 Å². The highest BCUT2D eigenvalue weighted by Crippen LogP contribution is 2.13. The molecule has 0 saturated carbocycles. The summed E-state index contributed by atoms with van der Waals surface area (Å²) in [5.41, 5.74) is 0. The molecule has 0 amide bonds. The van der Waals surface area contributed by atoms with Gasteiger partial charge in [0.15, 0.2) is 5.96 Å². The number of aliphatic imine (C=N–C) groups is 1. The lowest BCUT2D eigenvalue weighted by atomic mass is 10.1. The molecule has 6 heteroatoms. The first-order valence-corrected chi connectivity index (χ1v) is 8.32. The van der Waals surface area contributed by atoms with Crippen molar-refractivity contribution >= 4 is 5.96 Å². The Morgan fingerprint density at radius 1 is 1.57 bits per heavy atom. The van der Waals surface area contributed by atoms with Crippen molar-refractivity contribution in [2.45, 2.75) is 31.9 Å². The first kappa shape index (κ1) is 17.6. The number of rotatable bonds is 7. The zero-order valence-corrected chi connectivity index (χ0v) is 13.9. The number of nitrogens with zero attached hydrogens (tertiary/aromatic N) is 2. The van der Waals surface area contributed by atoms with E-state index < -0.39 is 6.10 Å². The van der Waals surface area contributed by atoms with Gasteiger partial charge in [-0.25, -0.2) is 0 Å². The van der Waals surface area contributed by atoms with Gasteiger partial charge in [-0.05, 0) is 31.9 Å². The van der Waals surface area contributed by atoms with E-state index in [1.165, 1.54) is 0 Å². The van der Waals surface area contributed by atoms with Crippen molar-refractivity contribution in [3.05, 3.63) is 36.8 Å². The molecule has 3 N–H and O–H groups in total. The predicted octanol–water partition coefficient (Wildman–Crippen LogP) is 1.52. The Labute approximate surface area is 138 Å². The standard InChI is InChI=1S/C17H28N4O2/c1-3-9-21-10-7-14(8-11-21)20-17(18-4-2)19-13-15(22)16-6-5-12-23-16/h3,5-6,12,14-15,22H,1,4,7-11,13H2,2H3,(H2,18,19,20). The van der Waals surface area contributed by atoms with Gasteiger partial charge in [0.2, 0.25) is 0 Å². The average Bonchev–Trinajstić information content (AvgIpc) is 3.09. The van der Waals surface area contributed by atoms with Gasteiger partial charge in [-0.1, -0.05) is 6.08 Å². The number of likely N-dealkylation sites (tertiary alicyclic amines) is 1. The van der Waals surface area contributed by atoms with Crippen molar-refractivity contribution < 1.29 is 9.52 Å². The first-order chi connectivity index (χ1) is 11.2. The van der Waals surface area contributed by atoms with E-state index in [4.69, 9.17) is 4.42 Å². The van der Waals surface area contributed by atoms with Crippen LogP contribution in [0.1, 0.15) is 31.6 Å². The zero-order valence-electron chi connectivity index (χ0n) is 13.9. The SMILES string of the molecule is C=CCN1CCC(NC(=NCC(O)c2ccco2)NCC)CC1. The quantitative estimate of drug-likeness (QED) is 0.403. The normalized spacial score (nSPS) is 18.6. The van der Waals surface area contributed by atoms with E-state index >= 15 is 0 Å². The van der Waals surface area contributed by atoms with Crippen molar-refractivity contribution in [3.8, 4) is 0 Å². The van der Waals surface area contributed by atoms with Gasteiger partial charge in [0, 0.05) is 32.2 Å². The summed E-state index contributed by atoms with van der Waals surface area (Å²) in [7, 11) is 0. The Hall–Kier alpha value is -1.79. The van der Waals surface area contributed by atoms with Crippen LogP contribution < -0.4 is 10.6 Å². The van der Waals surface area contributed by atoms with Crippen molar-refractivity contribution in [1.29, 1.82) is 0 Å². The molecule has 0 aromatic carbocycles. The molecule has 0 aliphatic carbocycles. The molecule has 2 heterocycles. The maximum Gasteiger partial charge on any atom is 0.191 e. The van der Waals surface area contributed by atoms with Crippen LogP contribution in [0.4, 0.5) is 0 Å². The number of aliphatic hydroxyl groups excluding tert-OH is 1. The number of hydrogen-bond acceptors (Lipinski definition) is 4. The lowest BCUT2D eigenvalue weighted by molar-refractivity contribution is 0.158. The number of furan rings is 1. The number of piperidine rings is 1. The Kier molecular flexibility index (Phi) is 7.16. The second-order valence-electron chi connectivity index (χ2n) is 5.76. The van der Waals surface area contributed by atoms with Gasteiger partial charge >= 0.3 is 0 Å². The molecule has 1 unspecified atom stereocenters. The van der Waals surface area contributed by atoms with Gasteiger partial charge in [-0.2, -0.15) is 0 Å². The number of nitrogens with one attached hydrogen (secondary N) is 2. The van der Waals surface area contributed by atoms with E-state index in [9.17, 15) is 5.11 Å². The lowest BCUT2D eigenvalue weighted by Gasteiger charge is -2.32. The molecule has 128 valence electrons. The van der Waals surface area contributed by atoms with Gasteiger partial charge in [-0.15, -0.1) is 6.58 Å². The molecule has 23 heavy (non-hydrogen) atoms. The molecule has 1 atom stereocenters. The van der Waals surface area contributed by atoms with Crippen LogP contribution in [0.15, 0.2) is 40.5 Å². The van der Waals surface area contributed by atoms with Crippen LogP contribution in [0, 0.1) is 0 Å². The largest absolute Gasteiger partial charge is 0.467 e. The van der Waals surface area contributed by atoms with Crippen LogP contribution in [0.2, 0.25) is 0 Å². The fourth-order valence-corrected chi connectivity index (χ4v) is 2.70. The van der Waals surface area contributed by atoms with Gasteiger partial charge in [0.05, 0.1) is 12.8 Å². The summed E-state index contributed by atoms with van der Waals surface area (Å²) in [5.74, 6) is 1.29. The molecule has 2 rings (SSSR count). The molecule has 1 fully saturated rings. The van der Waals surface area contributed by atoms with E-state index in [0.717, 1.165) is 45.0 Å². The Bertz CT molecular complexity index is 479. The summed E-state index contributed by atoms with van der Waals surface area (Å²) in [5, 5.41) is 16.8. The van der Waals surface area contributed by atoms with Crippen LogP contribution in [-0.4, -0.2) is 54.7 Å². The second-order valence-corrected chi connectivity index (χ2v) is 5.76. The van der Waals surface area contributed by atoms with Crippen LogP contribution in [0.3, 0.4) is 0 Å². The van der Waals surface area contributed by atoms with Crippen LogP contribution in [0.5, 0.6) is 0 Å². The predicted molar refractivity (Wildman–Crippen MR) is 92.4 cm³/mol. The smallest absolute Gasteiger partial charge is 0.191 e. The van der Waals surface area contributed by atoms with Gasteiger partial charge in [-0.3, -0.25) is 9.89 Å². The summed E-state index contributed by atoms with van der Waals surface area (Å²) in [4.78, 5) is 6.87. The van der Waals surface area contributed by atoms with Crippen molar-refractivity contribution in [2.24, 2.45) is 4.99 Å². The minimum atomic E-state index is -0.713. The fourth-order valence-electron chi connectivity index (χ4n) is 2.70. The van der Waals surface area contributed by atoms with Crippen LogP contribution >= 0.6 is 0 Å². The average molecular weight is 320 g/mol. The molecular formula is C17H28N4O2. The van der Waals surface area contributed by atoms with Gasteiger partial charge in [0.25, 0.3) is 0 Å². The fraction of sp³-hybridized carbons (Fsp3) is 0.588. The molecule has 0 radical (unpaired) electrons. The molecule has 0 spiro atoms. The number of guanidine groups is 1. The highest BCUT2D eigenvalue weighted by atomic mass is 16.4. The summed E-state index contributed by atoms with van der Waals surface area (Å²) in [6.45, 7) is 9.98. The van der Waals surface area contributed by atoms with Crippen molar-refractivity contribution in [1.82, 2.24) is 15.5 Å². The highest BCUT2D eigenvalue weighted by molar-refractivity contribution is 5.80. The molecule has 1 aliphatic heterocycles. The van der Waals surface area contributed by atoms with Crippen LogP contribution in [0.25, 0.3) is 0 Å². The summed E-state index contributed by atoms with van der Waals surface area (Å²) >= 11 is 0. The Morgan fingerprint density at radius 2 is 2.35 bits per heavy atom. The minimum Gasteiger partial charge on any atom is -0.467 e. The third-order valence-corrected chi connectivity index (χ3v) is 3.95. The number of hydrogen-bond donors (Lipinski definition) is 3. The molecule has 0 bridgehead atoms. The first-order valence-electron chi connectivity index (χ1n) is 8.32. The minimum absolute atomic E-state index is 0.276. The molecule has 1 aromatic rings. The van der Waals surface area contributed by atoms with E-state index in [1.807, 2.05) is 13.0 Å². The van der Waals surface area contributed by atoms with Gasteiger partial charge < -0.3 is 20.2 Å². The topological polar surface area (TPSA) is 73.0 Å². The van der Waals surface area contributed by atoms with E-state index in [1.54, 1.807) is 18.4 Å². The maximum absolute atomic E-state index is 10.1. The van der Waals surface area contributed by atoms with E-state index in [0.29, 0.717) is 11.8 Å². The Balaban J connectivity index is 1.83. The second kappa shape index (κ2) is 9.37. The monoisotopic (exact) mass is 320 g/mol.